The molecule has 156 valence electrons. The Morgan fingerprint density at radius 1 is 1.16 bits per heavy atom. The van der Waals surface area contributed by atoms with Crippen molar-refractivity contribution in [2.75, 3.05) is 30.3 Å². The summed E-state index contributed by atoms with van der Waals surface area (Å²) in [6.45, 7) is 4.27. The fraction of sp³-hybridized carbons (Fsp3) is 0.304. The molecule has 1 unspecified atom stereocenters. The van der Waals surface area contributed by atoms with Crippen molar-refractivity contribution >= 4 is 34.1 Å². The molecule has 8 heteroatoms. The summed E-state index contributed by atoms with van der Waals surface area (Å²) in [5, 5.41) is 5.59. The molecule has 3 aromatic heterocycles. The van der Waals surface area contributed by atoms with Gasteiger partial charge in [0.2, 0.25) is 5.91 Å². The van der Waals surface area contributed by atoms with Gasteiger partial charge in [0.25, 0.3) is 0 Å². The molecule has 0 aliphatic carbocycles. The van der Waals surface area contributed by atoms with E-state index in [0.29, 0.717) is 12.2 Å². The normalized spacial score (nSPS) is 18.9. The van der Waals surface area contributed by atoms with E-state index in [1.54, 1.807) is 10.7 Å². The Labute approximate surface area is 179 Å². The van der Waals surface area contributed by atoms with Gasteiger partial charge in [0, 0.05) is 60.4 Å². The zero-order valence-corrected chi connectivity index (χ0v) is 17.3. The van der Waals surface area contributed by atoms with Crippen molar-refractivity contribution in [1.82, 2.24) is 24.5 Å². The first kappa shape index (κ1) is 18.1. The molecule has 2 aliphatic rings. The van der Waals surface area contributed by atoms with E-state index >= 15 is 0 Å². The van der Waals surface area contributed by atoms with Gasteiger partial charge in [0.1, 0.15) is 11.6 Å². The molecule has 5 heterocycles. The van der Waals surface area contributed by atoms with Gasteiger partial charge in [-0.05, 0) is 25.5 Å². The number of carbonyl (C=O) groups excluding carboxylic acids is 1. The van der Waals surface area contributed by atoms with E-state index in [0.717, 1.165) is 65.1 Å². The highest BCUT2D eigenvalue weighted by Gasteiger charge is 2.36. The van der Waals surface area contributed by atoms with Crippen molar-refractivity contribution < 1.29 is 4.79 Å². The van der Waals surface area contributed by atoms with Crippen LogP contribution in [0.15, 0.2) is 42.7 Å². The molecular formula is C23H23N7O. The molecule has 2 fully saturated rings. The summed E-state index contributed by atoms with van der Waals surface area (Å²) in [5.41, 5.74) is 10.9. The van der Waals surface area contributed by atoms with Gasteiger partial charge >= 0.3 is 0 Å². The van der Waals surface area contributed by atoms with Crippen LogP contribution in [0.25, 0.3) is 27.7 Å². The number of fused-ring (bicyclic) bond motifs is 3. The molecule has 1 atom stereocenters. The van der Waals surface area contributed by atoms with Crippen molar-refractivity contribution in [3.05, 3.63) is 48.3 Å². The molecule has 6 rings (SSSR count). The summed E-state index contributed by atoms with van der Waals surface area (Å²) in [5.74, 6) is 1.73. The number of nitrogens with zero attached hydrogens (tertiary/aromatic N) is 6. The van der Waals surface area contributed by atoms with E-state index in [1.807, 2.05) is 36.2 Å². The summed E-state index contributed by atoms with van der Waals surface area (Å²) in [6.07, 6.45) is 5.22. The lowest BCUT2D eigenvalue weighted by Crippen LogP contribution is -2.52. The largest absolute Gasteiger partial charge is 0.383 e. The number of amides is 1. The zero-order valence-electron chi connectivity index (χ0n) is 17.3. The minimum atomic E-state index is 0.258. The Balaban J connectivity index is 1.45. The van der Waals surface area contributed by atoms with Gasteiger partial charge in [-0.25, -0.2) is 4.98 Å². The Morgan fingerprint density at radius 3 is 2.94 bits per heavy atom. The van der Waals surface area contributed by atoms with Crippen molar-refractivity contribution in [2.45, 2.75) is 25.8 Å². The third-order valence-electron chi connectivity index (χ3n) is 6.60. The van der Waals surface area contributed by atoms with Crippen LogP contribution in [0.1, 0.15) is 18.4 Å². The number of para-hydroxylation sites is 1. The molecule has 0 bridgehead atoms. The molecule has 8 nitrogen and oxygen atoms in total. The van der Waals surface area contributed by atoms with Crippen molar-refractivity contribution in [3.63, 3.8) is 0 Å². The number of rotatable bonds is 2. The Hall–Kier alpha value is -3.68. The molecule has 0 spiro atoms. The summed E-state index contributed by atoms with van der Waals surface area (Å²) in [4.78, 5) is 26.0. The van der Waals surface area contributed by atoms with Crippen LogP contribution in [0.2, 0.25) is 0 Å². The highest BCUT2D eigenvalue weighted by molar-refractivity contribution is 5.87. The second-order valence-electron chi connectivity index (χ2n) is 8.38. The van der Waals surface area contributed by atoms with E-state index in [-0.39, 0.29) is 11.9 Å². The highest BCUT2D eigenvalue weighted by Crippen LogP contribution is 2.33. The second kappa shape index (κ2) is 6.66. The number of benzene rings is 1. The number of aromatic nitrogens is 4. The lowest BCUT2D eigenvalue weighted by Gasteiger charge is -2.38. The van der Waals surface area contributed by atoms with Gasteiger partial charge in [0.05, 0.1) is 11.7 Å². The van der Waals surface area contributed by atoms with Gasteiger partial charge in [-0.15, -0.1) is 0 Å². The number of anilines is 2. The summed E-state index contributed by atoms with van der Waals surface area (Å²) < 4.78 is 1.71. The molecule has 1 amide bonds. The van der Waals surface area contributed by atoms with E-state index in [4.69, 9.17) is 10.7 Å². The number of hydrogen-bond acceptors (Lipinski definition) is 6. The fourth-order valence-corrected chi connectivity index (χ4v) is 4.87. The maximum Gasteiger partial charge on any atom is 0.223 e. The quantitative estimate of drug-likeness (QED) is 0.543. The van der Waals surface area contributed by atoms with Crippen LogP contribution >= 0.6 is 0 Å². The zero-order chi connectivity index (χ0) is 21.1. The second-order valence-corrected chi connectivity index (χ2v) is 8.38. The van der Waals surface area contributed by atoms with Crippen LogP contribution in [-0.2, 0) is 4.79 Å². The molecule has 2 saturated heterocycles. The van der Waals surface area contributed by atoms with Gasteiger partial charge in [-0.3, -0.25) is 9.78 Å². The maximum absolute atomic E-state index is 12.1. The van der Waals surface area contributed by atoms with Gasteiger partial charge in [-0.2, -0.15) is 9.61 Å². The Kier molecular flexibility index (Phi) is 3.89. The lowest BCUT2D eigenvalue weighted by molar-refractivity contribution is -0.129. The average molecular weight is 413 g/mol. The number of hydrogen-bond donors (Lipinski definition) is 1. The highest BCUT2D eigenvalue weighted by atomic mass is 16.2. The topological polar surface area (TPSA) is 92.6 Å². The summed E-state index contributed by atoms with van der Waals surface area (Å²) in [7, 11) is 0. The van der Waals surface area contributed by atoms with Crippen molar-refractivity contribution in [2.24, 2.45) is 0 Å². The van der Waals surface area contributed by atoms with Crippen LogP contribution in [0, 0.1) is 6.92 Å². The van der Waals surface area contributed by atoms with Gasteiger partial charge < -0.3 is 15.5 Å². The van der Waals surface area contributed by atoms with E-state index in [2.05, 4.69) is 27.1 Å². The molecule has 31 heavy (non-hydrogen) atoms. The van der Waals surface area contributed by atoms with Crippen LogP contribution in [0.4, 0.5) is 11.6 Å². The smallest absolute Gasteiger partial charge is 0.223 e. The number of carbonyl (C=O) groups is 1. The van der Waals surface area contributed by atoms with Crippen LogP contribution in [0.5, 0.6) is 0 Å². The van der Waals surface area contributed by atoms with Crippen LogP contribution in [-0.4, -0.2) is 56.1 Å². The van der Waals surface area contributed by atoms with Gasteiger partial charge in [-0.1, -0.05) is 18.2 Å². The average Bonchev–Trinajstić information content (AvgIpc) is 3.39. The monoisotopic (exact) mass is 413 g/mol. The van der Waals surface area contributed by atoms with Crippen LogP contribution < -0.4 is 10.6 Å². The van der Waals surface area contributed by atoms with E-state index in [1.165, 1.54) is 0 Å². The number of nitrogen functional groups attached to an aromatic ring is 1. The van der Waals surface area contributed by atoms with Crippen LogP contribution in [0.3, 0.4) is 0 Å². The molecule has 0 radical (unpaired) electrons. The number of pyridine rings is 1. The first-order valence-corrected chi connectivity index (χ1v) is 10.6. The van der Waals surface area contributed by atoms with Gasteiger partial charge in [0.15, 0.2) is 5.65 Å². The molecule has 4 aromatic rings. The fourth-order valence-electron chi connectivity index (χ4n) is 4.87. The minimum absolute atomic E-state index is 0.258. The molecule has 2 aliphatic heterocycles. The summed E-state index contributed by atoms with van der Waals surface area (Å²) >= 11 is 0. The molecule has 2 N–H and O–H groups in total. The van der Waals surface area contributed by atoms with Crippen molar-refractivity contribution in [3.8, 4) is 11.1 Å². The first-order valence-electron chi connectivity index (χ1n) is 10.6. The predicted molar refractivity (Wildman–Crippen MR) is 120 cm³/mol. The SMILES string of the molecule is Cc1c(N2CCN3C(=O)CCC3C2)nc2c(-c3cnc4ccccc4c3)cnn2c1N. The standard InChI is InChI=1S/C23H23N7O/c1-14-21(24)30-23(27-22(14)28-8-9-29-17(13-28)6-7-20(29)31)18(12-26-30)16-10-15-4-2-3-5-19(15)25-11-16/h2-5,10-12,17H,6-9,13,24H2,1H3. The molecular weight excluding hydrogens is 390 g/mol. The van der Waals surface area contributed by atoms with Crippen molar-refractivity contribution in [1.29, 1.82) is 0 Å². The number of piperazine rings is 1. The third kappa shape index (κ3) is 2.74. The Morgan fingerprint density at radius 2 is 2.03 bits per heavy atom. The minimum Gasteiger partial charge on any atom is -0.383 e. The first-order chi connectivity index (χ1) is 15.1. The lowest BCUT2D eigenvalue weighted by atomic mass is 10.1. The Bertz CT molecular complexity index is 1340. The third-order valence-corrected chi connectivity index (χ3v) is 6.60. The predicted octanol–water partition coefficient (Wildman–Crippen LogP) is 2.65. The van der Waals surface area contributed by atoms with E-state index in [9.17, 15) is 4.79 Å². The molecule has 0 saturated carbocycles. The summed E-state index contributed by atoms with van der Waals surface area (Å²) in [6, 6.07) is 10.4. The molecule has 1 aromatic carbocycles. The maximum atomic E-state index is 12.1. The number of nitrogens with two attached hydrogens (primary N) is 1. The van der Waals surface area contributed by atoms with E-state index < -0.39 is 0 Å².